The summed E-state index contributed by atoms with van der Waals surface area (Å²) in [5, 5.41) is 59.6. The minimum Gasteiger partial charge on any atom is -0.481 e. The number of aryl methyl sites for hydroxylation is 1. The van der Waals surface area contributed by atoms with E-state index in [4.69, 9.17) is 14.9 Å². The summed E-state index contributed by atoms with van der Waals surface area (Å²) in [7, 11) is 1.40. The normalized spacial score (nSPS) is 12.4. The summed E-state index contributed by atoms with van der Waals surface area (Å²) in [6.45, 7) is 8.95. The van der Waals surface area contributed by atoms with Crippen LogP contribution in [-0.2, 0) is 33.5 Å². The van der Waals surface area contributed by atoms with E-state index in [9.17, 15) is 44.1 Å². The fourth-order valence-electron chi connectivity index (χ4n) is 14.0. The van der Waals surface area contributed by atoms with E-state index in [0.717, 1.165) is 71.7 Å². The third-order valence-electron chi connectivity index (χ3n) is 20.5. The SMILES string of the molecule is CC(C)(C(=O)O)C(c1ccc(Nc2ccc3ccccc3c2)cc1)n1ccnc1.CC(C)(C(=O)O)C(c1ccc(Nc2ccccc2)cc1)n1ccnc1.COC(=O)CC(c1ccccc1)n1ccnc1.Cc1ccc(C(CC(=O)O)n2ccnc2)cc1.O=C(O)CC(c1ccccc1)n1ccnc1-c1cccs1.O=C(O)CC(c1cccs1)n1ccnc1. The van der Waals surface area contributed by atoms with Gasteiger partial charge in [0.15, 0.2) is 5.82 Å². The van der Waals surface area contributed by atoms with Gasteiger partial charge in [-0.3, -0.25) is 28.8 Å². The number of ether oxygens (including phenoxy) is 1. The van der Waals surface area contributed by atoms with Gasteiger partial charge in [-0.05, 0) is 145 Å². The van der Waals surface area contributed by atoms with E-state index in [-0.39, 0.29) is 61.5 Å². The molecule has 16 aromatic rings. The second-order valence-electron chi connectivity index (χ2n) is 29.9. The van der Waals surface area contributed by atoms with Gasteiger partial charge in [-0.1, -0.05) is 175 Å². The first-order valence-corrected chi connectivity index (χ1v) is 41.3. The van der Waals surface area contributed by atoms with Gasteiger partial charge < -0.3 is 68.3 Å². The number of carboxylic acid groups (broad SMARTS) is 5. The summed E-state index contributed by atoms with van der Waals surface area (Å²) in [4.78, 5) is 94.6. The Labute approximate surface area is 725 Å². The second-order valence-corrected chi connectivity index (χ2v) is 31.8. The van der Waals surface area contributed by atoms with E-state index in [0.29, 0.717) is 6.42 Å². The summed E-state index contributed by atoms with van der Waals surface area (Å²) in [6, 6.07) is 74.0. The highest BCUT2D eigenvalue weighted by Crippen LogP contribution is 2.40. The van der Waals surface area contributed by atoms with Gasteiger partial charge in [0.1, 0.15) is 0 Å². The molecule has 28 heteroatoms. The lowest BCUT2D eigenvalue weighted by Crippen LogP contribution is -2.35. The van der Waals surface area contributed by atoms with Crippen LogP contribution < -0.4 is 10.6 Å². The Morgan fingerprint density at radius 1 is 0.379 bits per heavy atom. The number of methoxy groups -OCH3 is 1. The van der Waals surface area contributed by atoms with Crippen LogP contribution in [0.1, 0.15) is 128 Å². The average Bonchev–Trinajstić information content (AvgIpc) is 1.22. The van der Waals surface area contributed by atoms with Crippen LogP contribution in [0.5, 0.6) is 0 Å². The van der Waals surface area contributed by atoms with Gasteiger partial charge in [-0.15, -0.1) is 22.7 Å². The fourth-order valence-corrected chi connectivity index (χ4v) is 15.6. The smallest absolute Gasteiger partial charge is 0.311 e. The number of nitrogens with one attached hydrogen (secondary N) is 2. The summed E-state index contributed by atoms with van der Waals surface area (Å²) in [6.07, 6.45) is 29.7. The van der Waals surface area contributed by atoms with Crippen molar-refractivity contribution in [3.05, 3.63) is 386 Å². The molecule has 0 saturated carbocycles. The van der Waals surface area contributed by atoms with Crippen LogP contribution >= 0.6 is 22.7 Å². The van der Waals surface area contributed by atoms with Crippen molar-refractivity contribution in [2.45, 2.75) is 96.6 Å². The summed E-state index contributed by atoms with van der Waals surface area (Å²) in [5.41, 5.74) is 7.96. The van der Waals surface area contributed by atoms with Gasteiger partial charge in [-0.25, -0.2) is 29.9 Å². The largest absolute Gasteiger partial charge is 0.481 e. The molecule has 0 aliphatic heterocycles. The van der Waals surface area contributed by atoms with Gasteiger partial charge in [0.2, 0.25) is 0 Å². The quantitative estimate of drug-likeness (QED) is 0.0214. The van der Waals surface area contributed by atoms with Gasteiger partial charge in [0.05, 0.1) is 116 Å². The molecule has 0 amide bonds. The highest BCUT2D eigenvalue weighted by molar-refractivity contribution is 7.13. The Morgan fingerprint density at radius 3 is 1.21 bits per heavy atom. The van der Waals surface area contributed by atoms with Gasteiger partial charge in [0, 0.05) is 102 Å². The minimum atomic E-state index is -0.992. The monoisotopic (exact) mass is 1700 g/mol. The standard InChI is InChI=1S/C24H23N3O2.C20H21N3O2.C16H14N2O2S.2C13H14N2O2.C10H10N2O2S/c1-24(2,23(28)29)22(27-14-13-25-16-27)18-8-10-20(11-9-18)26-21-12-7-17-5-3-4-6-19(17)15-21;1-20(2,19(24)25)18(23-13-12-21-14-23)15-8-10-17(11-9-15)22-16-6-4-3-5-7-16;19-15(20)11-13(12-5-2-1-3-6-12)18-9-8-17-16(18)14-7-4-10-21-14;1-10-2-4-11(5-3-10)12(8-13(16)17)15-7-6-14-9-15;1-17-13(16)9-12(15-8-7-14-10-15)11-5-3-2-4-6-11;13-10(14)6-8(9-2-1-5-15-9)12-4-3-11-7-12/h3-16,22,26H,1-2H3,(H,28,29);3-14,18,22H,1-2H3,(H,24,25);1-10,13H,11H2,(H,19,20);2-7,9,12H,8H2,1H3,(H,16,17);2-8,10,12H,9H2,1H3;1-5,7-8H,6H2,(H,13,14). The summed E-state index contributed by atoms with van der Waals surface area (Å²) >= 11 is 3.15. The number of carboxylic acids is 5. The van der Waals surface area contributed by atoms with Gasteiger partial charge in [-0.2, -0.15) is 0 Å². The second kappa shape index (κ2) is 43.9. The van der Waals surface area contributed by atoms with Crippen LogP contribution in [0.2, 0.25) is 0 Å². The number of benzene rings is 8. The first kappa shape index (κ1) is 89.9. The molecule has 0 aliphatic rings. The number of aliphatic carboxylic acids is 5. The van der Waals surface area contributed by atoms with Crippen molar-refractivity contribution in [3.8, 4) is 10.7 Å². The molecule has 0 aliphatic carbocycles. The van der Waals surface area contributed by atoms with Crippen LogP contribution in [0.4, 0.5) is 22.7 Å². The van der Waals surface area contributed by atoms with Crippen LogP contribution in [0, 0.1) is 17.8 Å². The number of aromatic nitrogens is 12. The predicted octanol–water partition coefficient (Wildman–Crippen LogP) is 19.8. The topological polar surface area (TPSA) is 344 Å². The zero-order valence-electron chi connectivity index (χ0n) is 69.0. The molecule has 6 unspecified atom stereocenters. The van der Waals surface area contributed by atoms with Gasteiger partial charge in [0.25, 0.3) is 0 Å². The molecule has 0 saturated heterocycles. The highest BCUT2D eigenvalue weighted by atomic mass is 32.1. The molecule has 634 valence electrons. The van der Waals surface area contributed by atoms with E-state index in [1.165, 1.54) is 17.9 Å². The number of imidazole rings is 6. The molecule has 0 radical (unpaired) electrons. The summed E-state index contributed by atoms with van der Waals surface area (Å²) in [5.74, 6) is -3.57. The number of para-hydroxylation sites is 1. The number of fused-ring (bicyclic) bond motifs is 1. The molecule has 8 aromatic heterocycles. The van der Waals surface area contributed by atoms with Crippen LogP contribution in [0.15, 0.2) is 347 Å². The number of anilines is 4. The van der Waals surface area contributed by atoms with Crippen molar-refractivity contribution in [1.82, 2.24) is 57.3 Å². The molecule has 0 spiro atoms. The number of carbonyl (C=O) groups excluding carboxylic acids is 1. The molecule has 7 N–H and O–H groups in total. The number of carbonyl (C=O) groups is 6. The molecule has 16 rings (SSSR count). The number of hydrogen-bond acceptors (Lipinski definition) is 17. The first-order valence-electron chi connectivity index (χ1n) is 39.5. The lowest BCUT2D eigenvalue weighted by atomic mass is 9.80. The van der Waals surface area contributed by atoms with E-state index >= 15 is 0 Å². The molecular formula is C96H96N14O12S2. The average molecular weight is 1700 g/mol. The van der Waals surface area contributed by atoms with Crippen LogP contribution in [0.3, 0.4) is 0 Å². The molecule has 0 fully saturated rings. The third-order valence-corrected chi connectivity index (χ3v) is 22.3. The Balaban J connectivity index is 0.000000147. The van der Waals surface area contributed by atoms with Crippen molar-refractivity contribution >= 4 is 92.0 Å². The maximum Gasteiger partial charge on any atom is 0.311 e. The Kier molecular flexibility index (Phi) is 31.8. The van der Waals surface area contributed by atoms with Gasteiger partial charge >= 0.3 is 35.8 Å². The molecule has 0 bridgehead atoms. The Bertz CT molecular complexity index is 5840. The molecule has 8 heterocycles. The van der Waals surface area contributed by atoms with Crippen molar-refractivity contribution in [2.75, 3.05) is 17.7 Å². The van der Waals surface area contributed by atoms with Crippen molar-refractivity contribution in [1.29, 1.82) is 0 Å². The van der Waals surface area contributed by atoms with E-state index in [1.54, 1.807) is 144 Å². The number of hydrogen-bond donors (Lipinski definition) is 7. The Morgan fingerprint density at radius 2 is 0.766 bits per heavy atom. The molecular weight excluding hydrogens is 1610 g/mol. The fraction of sp³-hybridized carbons (Fsp3) is 0.188. The van der Waals surface area contributed by atoms with Crippen molar-refractivity contribution in [3.63, 3.8) is 0 Å². The van der Waals surface area contributed by atoms with E-state index < -0.39 is 40.7 Å². The molecule has 124 heavy (non-hydrogen) atoms. The third kappa shape index (κ3) is 24.9. The number of esters is 1. The molecule has 26 nitrogen and oxygen atoms in total. The lowest BCUT2D eigenvalue weighted by Gasteiger charge is -2.32. The lowest BCUT2D eigenvalue weighted by molar-refractivity contribution is -0.149. The van der Waals surface area contributed by atoms with E-state index in [2.05, 4.69) is 70.9 Å². The first-order chi connectivity index (χ1) is 59.9. The molecule has 8 aromatic carbocycles. The van der Waals surface area contributed by atoms with Crippen LogP contribution in [-0.4, -0.2) is 126 Å². The maximum atomic E-state index is 11.9. The van der Waals surface area contributed by atoms with E-state index in [1.807, 2.05) is 258 Å². The van der Waals surface area contributed by atoms with Crippen molar-refractivity contribution in [2.24, 2.45) is 10.8 Å². The maximum absolute atomic E-state index is 11.9. The summed E-state index contributed by atoms with van der Waals surface area (Å²) < 4.78 is 15.9. The van der Waals surface area contributed by atoms with Crippen molar-refractivity contribution < 1.29 is 59.0 Å². The number of thiophene rings is 2. The zero-order chi connectivity index (χ0) is 88.0. The Hall–Kier alpha value is -14.9. The number of nitrogens with zero attached hydrogens (tertiary/aromatic N) is 12. The predicted molar refractivity (Wildman–Crippen MR) is 480 cm³/mol. The van der Waals surface area contributed by atoms with Crippen LogP contribution in [0.25, 0.3) is 21.5 Å². The molecule has 6 atom stereocenters. The highest BCUT2D eigenvalue weighted by Gasteiger charge is 2.40. The minimum absolute atomic E-state index is 0.0265. The zero-order valence-corrected chi connectivity index (χ0v) is 70.6. The number of rotatable bonds is 29.